The van der Waals surface area contributed by atoms with Gasteiger partial charge in [0, 0.05) is 7.11 Å². The van der Waals surface area contributed by atoms with Gasteiger partial charge in [-0.15, -0.1) is 0 Å². The summed E-state index contributed by atoms with van der Waals surface area (Å²) in [6, 6.07) is 7.39. The highest BCUT2D eigenvalue weighted by Gasteiger charge is 2.08. The molecule has 13 heavy (non-hydrogen) atoms. The Labute approximate surface area is 78.1 Å². The molecule has 3 nitrogen and oxygen atoms in total. The summed E-state index contributed by atoms with van der Waals surface area (Å²) in [7, 11) is 1.64. The van der Waals surface area contributed by atoms with Gasteiger partial charge in [0.15, 0.2) is 0 Å². The summed E-state index contributed by atoms with van der Waals surface area (Å²) in [5.41, 5.74) is 7.70. The lowest BCUT2D eigenvalue weighted by Gasteiger charge is -2.13. The van der Waals surface area contributed by atoms with Crippen molar-refractivity contribution in [3.8, 4) is 0 Å². The molecule has 1 unspecified atom stereocenters. The first kappa shape index (κ1) is 10.2. The van der Waals surface area contributed by atoms with Crippen LogP contribution in [0.2, 0.25) is 0 Å². The van der Waals surface area contributed by atoms with E-state index in [0.29, 0.717) is 6.61 Å². The molecule has 1 aromatic rings. The minimum Gasteiger partial charge on any atom is -0.394 e. The van der Waals surface area contributed by atoms with Crippen LogP contribution < -0.4 is 5.73 Å². The molecule has 0 aliphatic carbocycles. The Bertz CT molecular complexity index is 263. The smallest absolute Gasteiger partial charge is 0.0716 e. The summed E-state index contributed by atoms with van der Waals surface area (Å²) in [6.07, 6.45) is 0. The molecule has 0 heterocycles. The summed E-state index contributed by atoms with van der Waals surface area (Å²) < 4.78 is 5.03. The molecule has 0 aliphatic rings. The first-order valence-corrected chi connectivity index (χ1v) is 4.22. The fourth-order valence-corrected chi connectivity index (χ4v) is 1.28. The van der Waals surface area contributed by atoms with E-state index in [9.17, 15) is 0 Å². The van der Waals surface area contributed by atoms with E-state index in [4.69, 9.17) is 15.6 Å². The second-order valence-electron chi connectivity index (χ2n) is 2.92. The van der Waals surface area contributed by atoms with Crippen molar-refractivity contribution in [1.82, 2.24) is 0 Å². The molecule has 0 spiro atoms. The van der Waals surface area contributed by atoms with Gasteiger partial charge in [-0.1, -0.05) is 24.3 Å². The van der Waals surface area contributed by atoms with Crippen molar-refractivity contribution in [2.24, 2.45) is 5.73 Å². The Morgan fingerprint density at radius 3 is 2.77 bits per heavy atom. The van der Waals surface area contributed by atoms with Crippen LogP contribution in [0.4, 0.5) is 0 Å². The molecule has 0 aromatic heterocycles. The van der Waals surface area contributed by atoms with Crippen LogP contribution in [0, 0.1) is 0 Å². The van der Waals surface area contributed by atoms with E-state index in [2.05, 4.69) is 0 Å². The fourth-order valence-electron chi connectivity index (χ4n) is 1.28. The van der Waals surface area contributed by atoms with Crippen LogP contribution >= 0.6 is 0 Å². The summed E-state index contributed by atoms with van der Waals surface area (Å²) in [5.74, 6) is 0. The van der Waals surface area contributed by atoms with Gasteiger partial charge in [-0.2, -0.15) is 0 Å². The Morgan fingerprint density at radius 2 is 2.15 bits per heavy atom. The predicted octanol–water partition coefficient (Wildman–Crippen LogP) is 0.825. The van der Waals surface area contributed by atoms with Crippen molar-refractivity contribution >= 4 is 0 Å². The molecule has 3 N–H and O–H groups in total. The minimum atomic E-state index is -0.314. The zero-order chi connectivity index (χ0) is 9.68. The molecule has 3 heteroatoms. The maximum absolute atomic E-state index is 8.92. The Morgan fingerprint density at radius 1 is 1.46 bits per heavy atom. The van der Waals surface area contributed by atoms with E-state index in [1.54, 1.807) is 7.11 Å². The number of hydrogen-bond acceptors (Lipinski definition) is 3. The largest absolute Gasteiger partial charge is 0.394 e. The van der Waals surface area contributed by atoms with Crippen molar-refractivity contribution < 1.29 is 9.84 Å². The quantitative estimate of drug-likeness (QED) is 0.723. The van der Waals surface area contributed by atoms with Crippen LogP contribution in [-0.2, 0) is 11.3 Å². The fraction of sp³-hybridized carbons (Fsp3) is 0.400. The van der Waals surface area contributed by atoms with Gasteiger partial charge in [-0.25, -0.2) is 0 Å². The molecule has 0 fully saturated rings. The molecule has 72 valence electrons. The normalized spacial score (nSPS) is 12.8. The van der Waals surface area contributed by atoms with Crippen molar-refractivity contribution in [3.63, 3.8) is 0 Å². The Balaban J connectivity index is 2.90. The number of benzene rings is 1. The van der Waals surface area contributed by atoms with E-state index in [0.717, 1.165) is 11.1 Å². The van der Waals surface area contributed by atoms with Crippen molar-refractivity contribution in [2.45, 2.75) is 12.6 Å². The topological polar surface area (TPSA) is 55.5 Å². The average Bonchev–Trinajstić information content (AvgIpc) is 2.18. The highest BCUT2D eigenvalue weighted by atomic mass is 16.5. The van der Waals surface area contributed by atoms with E-state index in [-0.39, 0.29) is 12.6 Å². The zero-order valence-electron chi connectivity index (χ0n) is 7.73. The lowest BCUT2D eigenvalue weighted by atomic mass is 10.0. The van der Waals surface area contributed by atoms with Gasteiger partial charge in [0.25, 0.3) is 0 Å². The SMILES string of the molecule is COCc1ccccc1C(N)CO. The monoisotopic (exact) mass is 181 g/mol. The Hall–Kier alpha value is -0.900. The summed E-state index contributed by atoms with van der Waals surface area (Å²) in [4.78, 5) is 0. The van der Waals surface area contributed by atoms with Crippen LogP contribution in [0.5, 0.6) is 0 Å². The molecule has 0 saturated heterocycles. The van der Waals surface area contributed by atoms with E-state index < -0.39 is 0 Å². The second kappa shape index (κ2) is 4.97. The third-order valence-corrected chi connectivity index (χ3v) is 1.95. The highest BCUT2D eigenvalue weighted by Crippen LogP contribution is 2.16. The van der Waals surface area contributed by atoms with Gasteiger partial charge in [0.1, 0.15) is 0 Å². The third-order valence-electron chi connectivity index (χ3n) is 1.95. The maximum atomic E-state index is 8.92. The summed E-state index contributed by atoms with van der Waals surface area (Å²) in [5, 5.41) is 8.92. The van der Waals surface area contributed by atoms with Gasteiger partial charge in [-0.3, -0.25) is 0 Å². The van der Waals surface area contributed by atoms with Gasteiger partial charge < -0.3 is 15.6 Å². The summed E-state index contributed by atoms with van der Waals surface area (Å²) >= 11 is 0. The number of ether oxygens (including phenoxy) is 1. The summed E-state index contributed by atoms with van der Waals surface area (Å²) in [6.45, 7) is 0.491. The van der Waals surface area contributed by atoms with E-state index >= 15 is 0 Å². The first-order chi connectivity index (χ1) is 6.29. The van der Waals surface area contributed by atoms with Crippen molar-refractivity contribution in [3.05, 3.63) is 35.4 Å². The molecule has 1 rings (SSSR count). The number of aliphatic hydroxyl groups excluding tert-OH is 1. The first-order valence-electron chi connectivity index (χ1n) is 4.22. The molecule has 0 amide bonds. The van der Waals surface area contributed by atoms with Crippen LogP contribution in [0.15, 0.2) is 24.3 Å². The molecular weight excluding hydrogens is 166 g/mol. The van der Waals surface area contributed by atoms with Gasteiger partial charge >= 0.3 is 0 Å². The molecule has 0 saturated carbocycles. The molecule has 0 radical (unpaired) electrons. The number of aliphatic hydroxyl groups is 1. The average molecular weight is 181 g/mol. The van der Waals surface area contributed by atoms with Gasteiger partial charge in [-0.05, 0) is 11.1 Å². The second-order valence-corrected chi connectivity index (χ2v) is 2.92. The van der Waals surface area contributed by atoms with Crippen LogP contribution in [0.1, 0.15) is 17.2 Å². The molecule has 1 atom stereocenters. The number of rotatable bonds is 4. The van der Waals surface area contributed by atoms with E-state index in [1.807, 2.05) is 24.3 Å². The molecule has 0 bridgehead atoms. The van der Waals surface area contributed by atoms with Crippen molar-refractivity contribution in [1.29, 1.82) is 0 Å². The number of nitrogens with two attached hydrogens (primary N) is 1. The molecule has 0 aliphatic heterocycles. The van der Waals surface area contributed by atoms with Crippen molar-refractivity contribution in [2.75, 3.05) is 13.7 Å². The van der Waals surface area contributed by atoms with Crippen LogP contribution in [0.3, 0.4) is 0 Å². The number of methoxy groups -OCH3 is 1. The molecule has 1 aromatic carbocycles. The lowest BCUT2D eigenvalue weighted by Crippen LogP contribution is -2.16. The third kappa shape index (κ3) is 2.52. The van der Waals surface area contributed by atoms with Crippen LogP contribution in [-0.4, -0.2) is 18.8 Å². The Kier molecular flexibility index (Phi) is 3.89. The van der Waals surface area contributed by atoms with Crippen LogP contribution in [0.25, 0.3) is 0 Å². The maximum Gasteiger partial charge on any atom is 0.0716 e. The van der Waals surface area contributed by atoms with Gasteiger partial charge in [0.05, 0.1) is 19.3 Å². The molecular formula is C10H15NO2. The standard InChI is InChI=1S/C10H15NO2/c1-13-7-8-4-2-3-5-9(8)10(11)6-12/h2-5,10,12H,6-7,11H2,1H3. The lowest BCUT2D eigenvalue weighted by molar-refractivity contribution is 0.182. The predicted molar refractivity (Wildman–Crippen MR) is 51.2 cm³/mol. The van der Waals surface area contributed by atoms with E-state index in [1.165, 1.54) is 0 Å². The zero-order valence-corrected chi connectivity index (χ0v) is 7.73. The highest BCUT2D eigenvalue weighted by molar-refractivity contribution is 5.29. The minimum absolute atomic E-state index is 0.0409. The number of hydrogen-bond donors (Lipinski definition) is 2. The van der Waals surface area contributed by atoms with Gasteiger partial charge in [0.2, 0.25) is 0 Å².